The summed E-state index contributed by atoms with van der Waals surface area (Å²) in [6, 6.07) is 14.6. The molecular formula is C24H34IN7. The number of fused-ring (bicyclic) bond motifs is 1. The average Bonchev–Trinajstić information content (AvgIpc) is 3.03. The molecule has 32 heavy (non-hydrogen) atoms. The fourth-order valence-electron chi connectivity index (χ4n) is 4.08. The van der Waals surface area contributed by atoms with Gasteiger partial charge in [-0.15, -0.1) is 34.2 Å². The maximum Gasteiger partial charge on any atom is 0.191 e. The fraction of sp³-hybridized carbons (Fsp3) is 0.458. The van der Waals surface area contributed by atoms with Gasteiger partial charge in [-0.2, -0.15) is 0 Å². The number of halogens is 1. The van der Waals surface area contributed by atoms with Gasteiger partial charge in [0.1, 0.15) is 0 Å². The zero-order valence-corrected chi connectivity index (χ0v) is 21.2. The van der Waals surface area contributed by atoms with Gasteiger partial charge < -0.3 is 10.6 Å². The molecule has 7 nitrogen and oxygen atoms in total. The third-order valence-corrected chi connectivity index (χ3v) is 5.76. The standard InChI is InChI=1S/C24H33N7.HI/c1-2-25-24(27-18-23-29-28-22-13-7-10-16-31(22)23)26-17-20-11-5-6-12-21(20)19-30-14-8-3-4-9-15-30;/h5-7,10-13,16H,2-4,8-9,14-15,17-19H2,1H3,(H2,25,26,27);1H. The molecule has 8 heteroatoms. The van der Waals surface area contributed by atoms with Crippen molar-refractivity contribution in [1.82, 2.24) is 30.1 Å². The van der Waals surface area contributed by atoms with Gasteiger partial charge in [-0.05, 0) is 56.1 Å². The number of aromatic nitrogens is 3. The van der Waals surface area contributed by atoms with E-state index in [1.54, 1.807) is 0 Å². The minimum atomic E-state index is 0. The Morgan fingerprint density at radius 2 is 1.69 bits per heavy atom. The summed E-state index contributed by atoms with van der Waals surface area (Å²) >= 11 is 0. The van der Waals surface area contributed by atoms with Crippen molar-refractivity contribution in [2.24, 2.45) is 4.99 Å². The molecule has 4 rings (SSSR count). The van der Waals surface area contributed by atoms with Crippen molar-refractivity contribution in [3.63, 3.8) is 0 Å². The van der Waals surface area contributed by atoms with E-state index in [1.165, 1.54) is 49.9 Å². The first-order valence-corrected chi connectivity index (χ1v) is 11.4. The van der Waals surface area contributed by atoms with E-state index >= 15 is 0 Å². The molecule has 0 spiro atoms. The summed E-state index contributed by atoms with van der Waals surface area (Å²) in [5.41, 5.74) is 3.52. The van der Waals surface area contributed by atoms with Crippen molar-refractivity contribution in [1.29, 1.82) is 0 Å². The van der Waals surface area contributed by atoms with Crippen molar-refractivity contribution < 1.29 is 0 Å². The fourth-order valence-corrected chi connectivity index (χ4v) is 4.08. The molecule has 0 bridgehead atoms. The Morgan fingerprint density at radius 3 is 2.47 bits per heavy atom. The first-order chi connectivity index (χ1) is 15.3. The van der Waals surface area contributed by atoms with Crippen molar-refractivity contribution in [2.75, 3.05) is 19.6 Å². The largest absolute Gasteiger partial charge is 0.357 e. The molecule has 0 unspecified atom stereocenters. The maximum absolute atomic E-state index is 4.85. The minimum absolute atomic E-state index is 0. The predicted molar refractivity (Wildman–Crippen MR) is 140 cm³/mol. The average molecular weight is 547 g/mol. The van der Waals surface area contributed by atoms with Crippen LogP contribution in [0.5, 0.6) is 0 Å². The third-order valence-electron chi connectivity index (χ3n) is 5.76. The summed E-state index contributed by atoms with van der Waals surface area (Å²) in [5, 5.41) is 15.3. The molecule has 2 aromatic heterocycles. The van der Waals surface area contributed by atoms with Crippen LogP contribution in [-0.4, -0.2) is 45.1 Å². The molecule has 0 saturated carbocycles. The van der Waals surface area contributed by atoms with Gasteiger partial charge in [0, 0.05) is 19.3 Å². The van der Waals surface area contributed by atoms with Crippen molar-refractivity contribution in [3.8, 4) is 0 Å². The van der Waals surface area contributed by atoms with Gasteiger partial charge in [-0.1, -0.05) is 43.2 Å². The van der Waals surface area contributed by atoms with Crippen LogP contribution in [0.25, 0.3) is 5.65 Å². The van der Waals surface area contributed by atoms with Gasteiger partial charge >= 0.3 is 0 Å². The Bertz CT molecular complexity index is 993. The number of rotatable bonds is 7. The lowest BCUT2D eigenvalue weighted by molar-refractivity contribution is 0.276. The Labute approximate surface area is 207 Å². The van der Waals surface area contributed by atoms with Crippen LogP contribution < -0.4 is 10.6 Å². The second-order valence-corrected chi connectivity index (χ2v) is 8.05. The van der Waals surface area contributed by atoms with Crippen LogP contribution in [0.2, 0.25) is 0 Å². The Hall–Kier alpha value is -2.20. The number of hydrogen-bond donors (Lipinski definition) is 2. The van der Waals surface area contributed by atoms with Crippen molar-refractivity contribution in [2.45, 2.75) is 52.2 Å². The van der Waals surface area contributed by atoms with E-state index in [-0.39, 0.29) is 24.0 Å². The van der Waals surface area contributed by atoms with Crippen LogP contribution in [0.1, 0.15) is 49.6 Å². The highest BCUT2D eigenvalue weighted by molar-refractivity contribution is 14.0. The first-order valence-electron chi connectivity index (χ1n) is 11.4. The Morgan fingerprint density at radius 1 is 0.938 bits per heavy atom. The highest BCUT2D eigenvalue weighted by Crippen LogP contribution is 2.17. The third kappa shape index (κ3) is 6.65. The molecule has 0 atom stereocenters. The molecule has 1 fully saturated rings. The van der Waals surface area contributed by atoms with E-state index in [9.17, 15) is 0 Å². The number of hydrogen-bond acceptors (Lipinski definition) is 4. The number of pyridine rings is 1. The van der Waals surface area contributed by atoms with E-state index < -0.39 is 0 Å². The summed E-state index contributed by atoms with van der Waals surface area (Å²) in [5.74, 6) is 1.66. The number of benzene rings is 1. The number of aliphatic imine (C=N–C) groups is 1. The van der Waals surface area contributed by atoms with Gasteiger partial charge in [-0.3, -0.25) is 9.30 Å². The summed E-state index contributed by atoms with van der Waals surface area (Å²) < 4.78 is 1.99. The lowest BCUT2D eigenvalue weighted by Gasteiger charge is -2.21. The number of guanidine groups is 1. The number of nitrogens with zero attached hydrogens (tertiary/aromatic N) is 5. The van der Waals surface area contributed by atoms with Gasteiger partial charge in [0.25, 0.3) is 0 Å². The second-order valence-electron chi connectivity index (χ2n) is 8.05. The number of likely N-dealkylation sites (tertiary alicyclic amines) is 1. The molecular weight excluding hydrogens is 513 g/mol. The second kappa shape index (κ2) is 12.7. The SMILES string of the molecule is CCNC(=NCc1ccccc1CN1CCCCCC1)NCc1nnc2ccccn12.I. The van der Waals surface area contributed by atoms with Crippen LogP contribution in [0.3, 0.4) is 0 Å². The lowest BCUT2D eigenvalue weighted by atomic mass is 10.1. The summed E-state index contributed by atoms with van der Waals surface area (Å²) in [7, 11) is 0. The molecule has 1 aromatic carbocycles. The van der Waals surface area contributed by atoms with Crippen LogP contribution in [0.15, 0.2) is 53.7 Å². The number of nitrogens with one attached hydrogen (secondary N) is 2. The Kier molecular flexibility index (Phi) is 9.73. The van der Waals surface area contributed by atoms with Gasteiger partial charge in [0.2, 0.25) is 0 Å². The predicted octanol–water partition coefficient (Wildman–Crippen LogP) is 3.98. The van der Waals surface area contributed by atoms with E-state index in [0.29, 0.717) is 13.1 Å². The van der Waals surface area contributed by atoms with Crippen LogP contribution in [0.4, 0.5) is 0 Å². The van der Waals surface area contributed by atoms with E-state index in [4.69, 9.17) is 4.99 Å². The van der Waals surface area contributed by atoms with Crippen molar-refractivity contribution >= 4 is 35.6 Å². The van der Waals surface area contributed by atoms with E-state index in [1.807, 2.05) is 28.8 Å². The first kappa shape index (κ1) is 24.4. The molecule has 1 aliphatic heterocycles. The summed E-state index contributed by atoms with van der Waals surface area (Å²) in [4.78, 5) is 7.45. The van der Waals surface area contributed by atoms with Gasteiger partial charge in [0.05, 0.1) is 13.1 Å². The highest BCUT2D eigenvalue weighted by atomic mass is 127. The van der Waals surface area contributed by atoms with E-state index in [0.717, 1.165) is 30.5 Å². The summed E-state index contributed by atoms with van der Waals surface area (Å²) in [6.45, 7) is 7.52. The van der Waals surface area contributed by atoms with Gasteiger partial charge in [0.15, 0.2) is 17.4 Å². The van der Waals surface area contributed by atoms with Crippen molar-refractivity contribution in [3.05, 3.63) is 65.6 Å². The molecule has 172 valence electrons. The molecule has 1 saturated heterocycles. The molecule has 3 heterocycles. The van der Waals surface area contributed by atoms with Crippen LogP contribution in [-0.2, 0) is 19.6 Å². The van der Waals surface area contributed by atoms with Crippen LogP contribution >= 0.6 is 24.0 Å². The van der Waals surface area contributed by atoms with Gasteiger partial charge in [-0.25, -0.2) is 4.99 Å². The highest BCUT2D eigenvalue weighted by Gasteiger charge is 2.12. The van der Waals surface area contributed by atoms with Crippen LogP contribution in [0, 0.1) is 0 Å². The normalized spacial score (nSPS) is 15.2. The molecule has 2 N–H and O–H groups in total. The quantitative estimate of drug-likeness (QED) is 0.266. The van der Waals surface area contributed by atoms with E-state index in [2.05, 4.69) is 56.9 Å². The maximum atomic E-state index is 4.85. The molecule has 0 radical (unpaired) electrons. The molecule has 0 amide bonds. The molecule has 3 aromatic rings. The zero-order valence-electron chi connectivity index (χ0n) is 18.8. The monoisotopic (exact) mass is 547 g/mol. The minimum Gasteiger partial charge on any atom is -0.357 e. The summed E-state index contributed by atoms with van der Waals surface area (Å²) in [6.07, 6.45) is 7.33. The Balaban J connectivity index is 0.00000289. The smallest absolute Gasteiger partial charge is 0.191 e. The molecule has 1 aliphatic rings. The zero-order chi connectivity index (χ0) is 21.3. The molecule has 0 aliphatic carbocycles. The lowest BCUT2D eigenvalue weighted by Crippen LogP contribution is -2.37. The topological polar surface area (TPSA) is 69.8 Å².